The van der Waals surface area contributed by atoms with Crippen LogP contribution < -0.4 is 5.32 Å². The highest BCUT2D eigenvalue weighted by Crippen LogP contribution is 2.37. The van der Waals surface area contributed by atoms with E-state index in [1.807, 2.05) is 17.5 Å². The van der Waals surface area contributed by atoms with Crippen LogP contribution in [0.15, 0.2) is 18.2 Å². The third-order valence-electron chi connectivity index (χ3n) is 3.14. The van der Waals surface area contributed by atoms with Gasteiger partial charge in [-0.05, 0) is 17.7 Å². The van der Waals surface area contributed by atoms with Gasteiger partial charge in [-0.25, -0.2) is 0 Å². The molecule has 0 unspecified atom stereocenters. The van der Waals surface area contributed by atoms with Gasteiger partial charge in [0.25, 0.3) is 0 Å². The number of benzene rings is 1. The van der Waals surface area contributed by atoms with E-state index in [9.17, 15) is 9.59 Å². The van der Waals surface area contributed by atoms with Crippen LogP contribution in [-0.2, 0) is 9.59 Å². The smallest absolute Gasteiger partial charge is 0.244 e. The molecule has 0 spiro atoms. The third kappa shape index (κ3) is 2.34. The van der Waals surface area contributed by atoms with Gasteiger partial charge in [-0.15, -0.1) is 0 Å². The Bertz CT molecular complexity index is 643. The van der Waals surface area contributed by atoms with Crippen molar-refractivity contribution in [3.05, 3.63) is 33.8 Å². The molecule has 2 atom stereocenters. The first-order chi connectivity index (χ1) is 9.49. The topological polar surface area (TPSA) is 93.8 Å². The van der Waals surface area contributed by atoms with Crippen molar-refractivity contribution in [2.24, 2.45) is 11.8 Å². The highest BCUT2D eigenvalue weighted by molar-refractivity contribution is 6.42. The van der Waals surface area contributed by atoms with Gasteiger partial charge in [-0.1, -0.05) is 29.3 Å². The maximum Gasteiger partial charge on any atom is 0.244 e. The van der Waals surface area contributed by atoms with Gasteiger partial charge in [0.1, 0.15) is 11.8 Å². The molecule has 1 saturated heterocycles. The molecule has 1 aliphatic rings. The maximum absolute atomic E-state index is 11.7. The lowest BCUT2D eigenvalue weighted by molar-refractivity contribution is -0.137. The zero-order valence-electron chi connectivity index (χ0n) is 9.93. The van der Waals surface area contributed by atoms with Crippen LogP contribution in [0.1, 0.15) is 11.5 Å². The molecule has 1 N–H and O–H groups in total. The van der Waals surface area contributed by atoms with E-state index in [1.54, 1.807) is 6.07 Å². The molecule has 0 radical (unpaired) electrons. The van der Waals surface area contributed by atoms with Crippen LogP contribution in [0.25, 0.3) is 0 Å². The molecule has 1 fully saturated rings. The van der Waals surface area contributed by atoms with Gasteiger partial charge in [-0.3, -0.25) is 14.9 Å². The molecule has 0 aromatic heterocycles. The second-order valence-corrected chi connectivity index (χ2v) is 5.08. The zero-order valence-corrected chi connectivity index (χ0v) is 11.4. The van der Waals surface area contributed by atoms with Crippen LogP contribution in [0, 0.1) is 34.5 Å². The van der Waals surface area contributed by atoms with Crippen LogP contribution >= 0.6 is 23.2 Å². The van der Waals surface area contributed by atoms with E-state index in [2.05, 4.69) is 0 Å². The molecule has 0 bridgehead atoms. The van der Waals surface area contributed by atoms with Crippen molar-refractivity contribution in [1.82, 2.24) is 5.32 Å². The molecular formula is C13H7Cl2N3O2. The lowest BCUT2D eigenvalue weighted by atomic mass is 9.74. The standard InChI is InChI=1S/C13H7Cl2N3O2/c14-9-2-1-6(3-10(9)15)11-7(4-16)12(19)18-13(20)8(11)5-17/h1-3,7-8,11H,(H,18,19,20)/t7-,8-/m1/s1. The Balaban J connectivity index is 2.55. The Morgan fingerprint density at radius 3 is 2.00 bits per heavy atom. The fourth-order valence-electron chi connectivity index (χ4n) is 2.18. The second kappa shape index (κ2) is 5.50. The van der Waals surface area contributed by atoms with Gasteiger partial charge in [0.15, 0.2) is 0 Å². The Labute approximate surface area is 124 Å². The number of piperidine rings is 1. The first-order valence-electron chi connectivity index (χ1n) is 5.58. The summed E-state index contributed by atoms with van der Waals surface area (Å²) < 4.78 is 0. The number of halogens is 2. The number of nitrogens with one attached hydrogen (secondary N) is 1. The summed E-state index contributed by atoms with van der Waals surface area (Å²) in [6, 6.07) is 8.18. The third-order valence-corrected chi connectivity index (χ3v) is 3.88. The summed E-state index contributed by atoms with van der Waals surface area (Å²) in [5.74, 6) is -4.54. The number of hydrogen-bond donors (Lipinski definition) is 1. The zero-order chi connectivity index (χ0) is 14.9. The van der Waals surface area contributed by atoms with Crippen molar-refractivity contribution in [3.8, 4) is 12.1 Å². The predicted molar refractivity (Wildman–Crippen MR) is 70.6 cm³/mol. The molecule has 100 valence electrons. The largest absolute Gasteiger partial charge is 0.294 e. The van der Waals surface area contributed by atoms with Gasteiger partial charge >= 0.3 is 0 Å². The monoisotopic (exact) mass is 307 g/mol. The minimum Gasteiger partial charge on any atom is -0.294 e. The van der Waals surface area contributed by atoms with Gasteiger partial charge in [0.2, 0.25) is 11.8 Å². The van der Waals surface area contributed by atoms with Crippen molar-refractivity contribution in [2.45, 2.75) is 5.92 Å². The molecular weight excluding hydrogens is 301 g/mol. The highest BCUT2D eigenvalue weighted by atomic mass is 35.5. The molecule has 7 heteroatoms. The Kier molecular flexibility index (Phi) is 3.94. The van der Waals surface area contributed by atoms with E-state index >= 15 is 0 Å². The number of carbonyl (C=O) groups excluding carboxylic acids is 2. The van der Waals surface area contributed by atoms with E-state index in [4.69, 9.17) is 33.7 Å². The van der Waals surface area contributed by atoms with Gasteiger partial charge < -0.3 is 0 Å². The number of hydrogen-bond acceptors (Lipinski definition) is 4. The minimum absolute atomic E-state index is 0.232. The quantitative estimate of drug-likeness (QED) is 0.803. The fraction of sp³-hybridized carbons (Fsp3) is 0.231. The number of carbonyl (C=O) groups is 2. The summed E-state index contributed by atoms with van der Waals surface area (Å²) in [5.41, 5.74) is 0.459. The molecule has 2 amide bonds. The molecule has 1 aliphatic heterocycles. The minimum atomic E-state index is -1.13. The summed E-state index contributed by atoms with van der Waals surface area (Å²) in [5, 5.41) is 20.8. The van der Waals surface area contributed by atoms with Crippen molar-refractivity contribution >= 4 is 35.0 Å². The summed E-state index contributed by atoms with van der Waals surface area (Å²) in [7, 11) is 0. The van der Waals surface area contributed by atoms with Crippen LogP contribution in [0.4, 0.5) is 0 Å². The molecule has 2 rings (SSSR count). The molecule has 0 aliphatic carbocycles. The molecule has 1 aromatic carbocycles. The molecule has 5 nitrogen and oxygen atoms in total. The highest BCUT2D eigenvalue weighted by Gasteiger charge is 2.45. The summed E-state index contributed by atoms with van der Waals surface area (Å²) in [6.45, 7) is 0. The fourth-order valence-corrected chi connectivity index (χ4v) is 2.48. The van der Waals surface area contributed by atoms with Crippen molar-refractivity contribution in [3.63, 3.8) is 0 Å². The van der Waals surface area contributed by atoms with Crippen LogP contribution in [0.3, 0.4) is 0 Å². The normalized spacial score (nSPS) is 22.8. The Morgan fingerprint density at radius 1 is 1.00 bits per heavy atom. The number of nitrogens with zero attached hydrogens (tertiary/aromatic N) is 2. The van der Waals surface area contributed by atoms with E-state index in [-0.39, 0.29) is 5.02 Å². The molecule has 20 heavy (non-hydrogen) atoms. The van der Waals surface area contributed by atoms with Gasteiger partial charge in [0.05, 0.1) is 22.2 Å². The number of rotatable bonds is 1. The van der Waals surface area contributed by atoms with Crippen LogP contribution in [0.2, 0.25) is 10.0 Å². The summed E-state index contributed by atoms with van der Waals surface area (Å²) in [6.07, 6.45) is 0. The van der Waals surface area contributed by atoms with Crippen molar-refractivity contribution in [1.29, 1.82) is 10.5 Å². The average molecular weight is 308 g/mol. The van der Waals surface area contributed by atoms with Crippen molar-refractivity contribution in [2.75, 3.05) is 0 Å². The summed E-state index contributed by atoms with van der Waals surface area (Å²) in [4.78, 5) is 23.4. The predicted octanol–water partition coefficient (Wildman–Crippen LogP) is 2.01. The van der Waals surface area contributed by atoms with Gasteiger partial charge in [-0.2, -0.15) is 10.5 Å². The van der Waals surface area contributed by atoms with E-state index < -0.39 is 29.6 Å². The molecule has 0 saturated carbocycles. The first-order valence-corrected chi connectivity index (χ1v) is 6.34. The van der Waals surface area contributed by atoms with Crippen LogP contribution in [0.5, 0.6) is 0 Å². The Hall–Kier alpha value is -2.08. The average Bonchev–Trinajstić information content (AvgIpc) is 2.41. The SMILES string of the molecule is N#C[C@H]1C(=O)NC(=O)[C@H](C#N)C1c1ccc(Cl)c(Cl)c1. The number of imide groups is 1. The number of amides is 2. The second-order valence-electron chi connectivity index (χ2n) is 4.27. The molecule has 1 heterocycles. The van der Waals surface area contributed by atoms with E-state index in [1.165, 1.54) is 12.1 Å². The van der Waals surface area contributed by atoms with E-state index in [0.29, 0.717) is 10.6 Å². The lowest BCUT2D eigenvalue weighted by Crippen LogP contribution is -2.49. The lowest BCUT2D eigenvalue weighted by Gasteiger charge is -2.29. The maximum atomic E-state index is 11.7. The van der Waals surface area contributed by atoms with Crippen LogP contribution in [-0.4, -0.2) is 11.8 Å². The van der Waals surface area contributed by atoms with Gasteiger partial charge in [0, 0.05) is 5.92 Å². The molecule has 1 aromatic rings. The Morgan fingerprint density at radius 2 is 1.55 bits per heavy atom. The number of nitriles is 2. The summed E-state index contributed by atoms with van der Waals surface area (Å²) >= 11 is 11.7. The van der Waals surface area contributed by atoms with E-state index in [0.717, 1.165) is 0 Å². The van der Waals surface area contributed by atoms with Crippen molar-refractivity contribution < 1.29 is 9.59 Å². The first kappa shape index (κ1) is 14.3.